The fraction of sp³-hybridized carbons (Fsp3) is 0.500. The largest absolute Gasteiger partial charge is 0.543 e. The van der Waals surface area contributed by atoms with Crippen molar-refractivity contribution in [3.63, 3.8) is 0 Å². The number of fused-ring (bicyclic) bond motifs is 1. The number of nitrogens with one attached hydrogen (secondary N) is 1. The summed E-state index contributed by atoms with van der Waals surface area (Å²) in [5, 5.41) is 15.3. The van der Waals surface area contributed by atoms with Gasteiger partial charge in [0.15, 0.2) is 0 Å². The summed E-state index contributed by atoms with van der Waals surface area (Å²) in [5.74, 6) is -3.02. The van der Waals surface area contributed by atoms with Crippen LogP contribution in [-0.4, -0.2) is 49.5 Å². The van der Waals surface area contributed by atoms with Crippen LogP contribution >= 0.6 is 11.8 Å². The molecule has 25 heavy (non-hydrogen) atoms. The van der Waals surface area contributed by atoms with Crippen molar-refractivity contribution in [2.45, 2.75) is 32.4 Å². The highest BCUT2D eigenvalue weighted by Gasteiger charge is 2.56. The smallest absolute Gasteiger partial charge is 0.264 e. The highest BCUT2D eigenvalue weighted by Crippen LogP contribution is 2.47. The second-order valence-electron chi connectivity index (χ2n) is 5.69. The van der Waals surface area contributed by atoms with Crippen LogP contribution in [0.5, 0.6) is 0 Å². The van der Waals surface area contributed by atoms with E-state index >= 15 is 0 Å². The maximum absolute atomic E-state index is 12.3. The van der Waals surface area contributed by atoms with E-state index in [9.17, 15) is 27.9 Å². The lowest BCUT2D eigenvalue weighted by Gasteiger charge is -2.46. The number of β-lactam (4-membered cyclic amide) rings is 1. The second-order valence-corrected chi connectivity index (χ2v) is 8.29. The van der Waals surface area contributed by atoms with E-state index in [0.717, 1.165) is 22.9 Å². The van der Waals surface area contributed by atoms with E-state index in [1.165, 1.54) is 25.5 Å². The van der Waals surface area contributed by atoms with Gasteiger partial charge in [0.05, 0.1) is 36.0 Å². The number of hydrogen-bond donors (Lipinski definition) is 1. The van der Waals surface area contributed by atoms with Gasteiger partial charge in [0.2, 0.25) is 11.8 Å². The summed E-state index contributed by atoms with van der Waals surface area (Å²) in [7, 11) is -3.74. The fourth-order valence-corrected chi connectivity index (χ4v) is 4.45. The first-order chi connectivity index (χ1) is 11.5. The van der Waals surface area contributed by atoms with Gasteiger partial charge in [-0.05, 0) is 12.3 Å². The Morgan fingerprint density at radius 3 is 2.64 bits per heavy atom. The Morgan fingerprint density at radius 2 is 2.12 bits per heavy atom. The van der Waals surface area contributed by atoms with E-state index in [1.54, 1.807) is 0 Å². The molecule has 0 unspecified atom stereocenters. The maximum atomic E-state index is 12.3. The molecule has 1 saturated heterocycles. The molecule has 0 aliphatic carbocycles. The van der Waals surface area contributed by atoms with Crippen molar-refractivity contribution in [2.75, 3.05) is 6.26 Å². The van der Waals surface area contributed by atoms with Crippen LogP contribution in [-0.2, 0) is 28.7 Å². The molecule has 138 valence electrons. The molecule has 9 nitrogen and oxygen atoms in total. The normalized spacial score (nSPS) is 24.3. The zero-order valence-corrected chi connectivity index (χ0v) is 15.3. The van der Waals surface area contributed by atoms with Gasteiger partial charge in [-0.3, -0.25) is 13.8 Å². The number of rotatable bonds is 7. The van der Waals surface area contributed by atoms with Crippen LogP contribution in [0.4, 0.5) is 0 Å². The number of hydrogen-bond acceptors (Lipinski definition) is 8. The van der Waals surface area contributed by atoms with Crippen LogP contribution < -0.4 is 10.4 Å². The first-order valence-corrected chi connectivity index (χ1v) is 9.97. The van der Waals surface area contributed by atoms with E-state index < -0.39 is 40.1 Å². The molecule has 11 heteroatoms. The molecule has 0 bridgehead atoms. The highest BCUT2D eigenvalue weighted by molar-refractivity contribution is 8.05. The number of nitrogens with zero attached hydrogens (tertiary/aromatic N) is 1. The van der Waals surface area contributed by atoms with Crippen molar-refractivity contribution in [3.05, 3.63) is 22.2 Å². The molecule has 2 aliphatic rings. The zero-order chi connectivity index (χ0) is 18.9. The van der Waals surface area contributed by atoms with E-state index in [1.807, 2.05) is 0 Å². The quantitative estimate of drug-likeness (QED) is 0.428. The number of carbonyl (C=O) groups is 3. The molecule has 0 radical (unpaired) electrons. The molecule has 0 aromatic rings. The summed E-state index contributed by atoms with van der Waals surface area (Å²) in [4.78, 5) is 36.0. The summed E-state index contributed by atoms with van der Waals surface area (Å²) in [6, 6.07) is -0.492. The van der Waals surface area contributed by atoms with Gasteiger partial charge in [0, 0.05) is 24.4 Å². The van der Waals surface area contributed by atoms with Crippen molar-refractivity contribution in [1.82, 2.24) is 10.2 Å². The van der Waals surface area contributed by atoms with Crippen LogP contribution in [0.3, 0.4) is 0 Å². The minimum atomic E-state index is -3.74. The van der Waals surface area contributed by atoms with Crippen molar-refractivity contribution < 1.29 is 32.1 Å². The molecule has 3 atom stereocenters. The van der Waals surface area contributed by atoms with Crippen molar-refractivity contribution in [2.24, 2.45) is 5.92 Å². The minimum absolute atomic E-state index is 0.227. The first-order valence-electron chi connectivity index (χ1n) is 7.27. The summed E-state index contributed by atoms with van der Waals surface area (Å²) in [6.45, 7) is 2.79. The average molecular weight is 389 g/mol. The van der Waals surface area contributed by atoms with E-state index in [-0.39, 0.29) is 18.0 Å². The number of amides is 2. The minimum Gasteiger partial charge on any atom is -0.543 e. The predicted molar refractivity (Wildman–Crippen MR) is 86.7 cm³/mol. The molecule has 0 aromatic heterocycles. The van der Waals surface area contributed by atoms with Crippen LogP contribution in [0.15, 0.2) is 22.2 Å². The van der Waals surface area contributed by atoms with Crippen LogP contribution in [0.25, 0.3) is 0 Å². The van der Waals surface area contributed by atoms with Gasteiger partial charge in [-0.2, -0.15) is 8.42 Å². The van der Waals surface area contributed by atoms with Crippen molar-refractivity contribution >= 4 is 39.7 Å². The predicted octanol–water partition coefficient (Wildman–Crippen LogP) is -1.12. The first kappa shape index (κ1) is 19.5. The standard InChI is InChI=1S/C14H18N2O7S2/c1-7(23-25(3,21)22)11-9-6-10(24-5-4-15-8(2)17)12(14(19)20)16(9)13(11)18/h4-5,7,9,11H,6H2,1-3H3,(H,15,17)(H,19,20)/p-1/b5-4+/t7-,9+,11-/m0/s1. The van der Waals surface area contributed by atoms with Crippen molar-refractivity contribution in [3.8, 4) is 0 Å². The highest BCUT2D eigenvalue weighted by atomic mass is 32.2. The fourth-order valence-electron chi connectivity index (χ4n) is 2.92. The van der Waals surface area contributed by atoms with Gasteiger partial charge >= 0.3 is 0 Å². The molecule has 1 N–H and O–H groups in total. The van der Waals surface area contributed by atoms with Gasteiger partial charge in [0.25, 0.3) is 10.1 Å². The third-order valence-electron chi connectivity index (χ3n) is 3.76. The molecule has 0 aromatic carbocycles. The van der Waals surface area contributed by atoms with Crippen LogP contribution in [0.2, 0.25) is 0 Å². The molecular formula is C14H17N2O7S2-. The number of carboxylic acids is 1. The van der Waals surface area contributed by atoms with Crippen LogP contribution in [0.1, 0.15) is 20.3 Å². The molecule has 2 aliphatic heterocycles. The molecule has 2 heterocycles. The SMILES string of the molecule is CC(=O)N/C=C/SC1=C(C(=O)[O-])N2C(=O)[C@@H]([C@H](C)OS(C)(=O)=O)[C@H]2C1. The monoisotopic (exact) mass is 389 g/mol. The van der Waals surface area contributed by atoms with E-state index in [2.05, 4.69) is 5.32 Å². The summed E-state index contributed by atoms with van der Waals surface area (Å²) in [5.41, 5.74) is -0.227. The third-order valence-corrected chi connectivity index (χ3v) is 5.33. The number of aliphatic carboxylic acids is 1. The number of carboxylic acid groups (broad SMARTS) is 1. The molecule has 1 fully saturated rings. The Labute approximate surface area is 149 Å². The maximum Gasteiger partial charge on any atom is 0.264 e. The number of carbonyl (C=O) groups excluding carboxylic acids is 3. The van der Waals surface area contributed by atoms with Gasteiger partial charge in [-0.1, -0.05) is 11.8 Å². The average Bonchev–Trinajstić information content (AvgIpc) is 2.76. The molecule has 0 spiro atoms. The topological polar surface area (TPSA) is 133 Å². The molecular weight excluding hydrogens is 372 g/mol. The third kappa shape index (κ3) is 4.22. The Kier molecular flexibility index (Phi) is 5.59. The van der Waals surface area contributed by atoms with Gasteiger partial charge in [0.1, 0.15) is 0 Å². The van der Waals surface area contributed by atoms with E-state index in [0.29, 0.717) is 4.91 Å². The Morgan fingerprint density at radius 1 is 1.48 bits per heavy atom. The molecule has 0 saturated carbocycles. The van der Waals surface area contributed by atoms with E-state index in [4.69, 9.17) is 4.18 Å². The molecule has 2 amide bonds. The Hall–Kier alpha value is -1.85. The molecule has 2 rings (SSSR count). The summed E-state index contributed by atoms with van der Waals surface area (Å²) < 4.78 is 27.3. The second kappa shape index (κ2) is 7.18. The lowest BCUT2D eigenvalue weighted by molar-refractivity contribution is -0.301. The van der Waals surface area contributed by atoms with Gasteiger partial charge in [-0.15, -0.1) is 0 Å². The lowest BCUT2D eigenvalue weighted by Crippen LogP contribution is -2.63. The Bertz CT molecular complexity index is 772. The number of thioether (sulfide) groups is 1. The van der Waals surface area contributed by atoms with Crippen molar-refractivity contribution in [1.29, 1.82) is 0 Å². The van der Waals surface area contributed by atoms with Gasteiger partial charge < -0.3 is 20.1 Å². The van der Waals surface area contributed by atoms with Gasteiger partial charge in [-0.25, -0.2) is 0 Å². The zero-order valence-electron chi connectivity index (χ0n) is 13.7. The summed E-state index contributed by atoms with van der Waals surface area (Å²) in [6.07, 6.45) is 1.59. The Balaban J connectivity index is 2.14. The summed E-state index contributed by atoms with van der Waals surface area (Å²) >= 11 is 1.05. The lowest BCUT2D eigenvalue weighted by atomic mass is 9.83. The van der Waals surface area contributed by atoms with Crippen LogP contribution in [0, 0.1) is 5.92 Å².